The van der Waals surface area contributed by atoms with Crippen molar-refractivity contribution in [2.75, 3.05) is 18.0 Å². The third-order valence-electron chi connectivity index (χ3n) is 7.90. The largest absolute Gasteiger partial charge is 0.371 e. The van der Waals surface area contributed by atoms with Crippen LogP contribution in [0.3, 0.4) is 0 Å². The maximum atomic E-state index is 9.11. The van der Waals surface area contributed by atoms with Crippen molar-refractivity contribution in [1.29, 1.82) is 5.26 Å². The lowest BCUT2D eigenvalue weighted by atomic mass is 9.68. The van der Waals surface area contributed by atoms with Gasteiger partial charge >= 0.3 is 0 Å². The molecule has 0 bridgehead atoms. The maximum absolute atomic E-state index is 9.11. The fourth-order valence-corrected chi connectivity index (χ4v) is 5.86. The average Bonchev–Trinajstić information content (AvgIpc) is 3.56. The summed E-state index contributed by atoms with van der Waals surface area (Å²) in [6, 6.07) is 19.0. The summed E-state index contributed by atoms with van der Waals surface area (Å²) in [7, 11) is 0. The third kappa shape index (κ3) is 2.85. The van der Waals surface area contributed by atoms with Gasteiger partial charge in [0.15, 0.2) is 5.82 Å². The number of nitrogens with zero attached hydrogens (tertiary/aromatic N) is 6. The van der Waals surface area contributed by atoms with E-state index in [0.717, 1.165) is 41.4 Å². The SMILES string of the molecule is N#Cc1ccc(-c2cc3n(c2)Cc2cc(N4CCC5(CCC5)C4)ccc2-n2cnnc2-3)cc1. The van der Waals surface area contributed by atoms with Gasteiger partial charge in [-0.1, -0.05) is 18.6 Å². The average molecular weight is 433 g/mol. The first-order valence-corrected chi connectivity index (χ1v) is 11.7. The van der Waals surface area contributed by atoms with E-state index in [1.165, 1.54) is 43.5 Å². The topological polar surface area (TPSA) is 62.7 Å². The van der Waals surface area contributed by atoms with E-state index in [0.29, 0.717) is 11.0 Å². The van der Waals surface area contributed by atoms with Crippen LogP contribution >= 0.6 is 0 Å². The molecule has 2 aromatic carbocycles. The molecule has 4 aromatic rings. The Labute approximate surface area is 192 Å². The molecule has 6 heteroatoms. The Morgan fingerprint density at radius 2 is 1.85 bits per heavy atom. The number of fused-ring (bicyclic) bond motifs is 5. The van der Waals surface area contributed by atoms with Gasteiger partial charge in [0, 0.05) is 37.1 Å². The molecule has 0 N–H and O–H groups in total. The Morgan fingerprint density at radius 3 is 2.61 bits per heavy atom. The van der Waals surface area contributed by atoms with E-state index in [9.17, 15) is 0 Å². The van der Waals surface area contributed by atoms with Crippen molar-refractivity contribution in [1.82, 2.24) is 19.3 Å². The first-order valence-electron chi connectivity index (χ1n) is 11.7. The number of hydrogen-bond acceptors (Lipinski definition) is 4. The van der Waals surface area contributed by atoms with E-state index in [1.54, 1.807) is 0 Å². The van der Waals surface area contributed by atoms with Crippen molar-refractivity contribution in [3.05, 3.63) is 72.2 Å². The number of hydrogen-bond donors (Lipinski definition) is 0. The summed E-state index contributed by atoms with van der Waals surface area (Å²) < 4.78 is 4.39. The minimum Gasteiger partial charge on any atom is -0.371 e. The molecule has 1 saturated carbocycles. The summed E-state index contributed by atoms with van der Waals surface area (Å²) in [6.07, 6.45) is 9.52. The van der Waals surface area contributed by atoms with Gasteiger partial charge in [-0.3, -0.25) is 4.57 Å². The minimum absolute atomic E-state index is 0.581. The van der Waals surface area contributed by atoms with E-state index in [2.05, 4.69) is 60.8 Å². The van der Waals surface area contributed by atoms with Gasteiger partial charge in [-0.25, -0.2) is 0 Å². The highest BCUT2D eigenvalue weighted by molar-refractivity contribution is 5.72. The molecular weight excluding hydrogens is 408 g/mol. The van der Waals surface area contributed by atoms with Crippen LogP contribution in [0.15, 0.2) is 61.1 Å². The summed E-state index contributed by atoms with van der Waals surface area (Å²) in [5, 5.41) is 17.8. The molecular formula is C27H24N6. The summed E-state index contributed by atoms with van der Waals surface area (Å²) in [4.78, 5) is 2.58. The van der Waals surface area contributed by atoms with Crippen LogP contribution in [0.25, 0.3) is 28.3 Å². The lowest BCUT2D eigenvalue weighted by Gasteiger charge is -2.38. The fourth-order valence-electron chi connectivity index (χ4n) is 5.86. The van der Waals surface area contributed by atoms with Crippen molar-refractivity contribution < 1.29 is 0 Å². The van der Waals surface area contributed by atoms with Crippen molar-refractivity contribution in [3.8, 4) is 34.4 Å². The van der Waals surface area contributed by atoms with Crippen LogP contribution in [-0.2, 0) is 6.54 Å². The Kier molecular flexibility index (Phi) is 3.87. The summed E-state index contributed by atoms with van der Waals surface area (Å²) in [5.74, 6) is 0.857. The van der Waals surface area contributed by atoms with E-state index in [1.807, 2.05) is 30.6 Å². The molecule has 2 aliphatic heterocycles. The van der Waals surface area contributed by atoms with Crippen molar-refractivity contribution in [3.63, 3.8) is 0 Å². The van der Waals surface area contributed by atoms with E-state index in [4.69, 9.17) is 5.26 Å². The van der Waals surface area contributed by atoms with Crippen LogP contribution in [0.4, 0.5) is 5.69 Å². The van der Waals surface area contributed by atoms with Gasteiger partial charge in [-0.15, -0.1) is 10.2 Å². The van der Waals surface area contributed by atoms with Crippen LogP contribution in [-0.4, -0.2) is 32.4 Å². The molecule has 1 spiro atoms. The lowest BCUT2D eigenvalue weighted by molar-refractivity contribution is 0.165. The second-order valence-electron chi connectivity index (χ2n) is 9.79. The highest BCUT2D eigenvalue weighted by Gasteiger charge is 2.42. The molecule has 1 saturated heterocycles. The van der Waals surface area contributed by atoms with Crippen molar-refractivity contribution >= 4 is 5.69 Å². The number of nitriles is 1. The monoisotopic (exact) mass is 432 g/mol. The third-order valence-corrected chi connectivity index (χ3v) is 7.90. The summed E-state index contributed by atoms with van der Waals surface area (Å²) in [5.41, 5.74) is 8.29. The first-order chi connectivity index (χ1) is 16.2. The predicted molar refractivity (Wildman–Crippen MR) is 127 cm³/mol. The van der Waals surface area contributed by atoms with Crippen LogP contribution in [0, 0.1) is 16.7 Å². The molecule has 1 aliphatic carbocycles. The van der Waals surface area contributed by atoms with E-state index >= 15 is 0 Å². The highest BCUT2D eigenvalue weighted by atomic mass is 15.3. The van der Waals surface area contributed by atoms with Gasteiger partial charge < -0.3 is 9.47 Å². The minimum atomic E-state index is 0.581. The zero-order valence-electron chi connectivity index (χ0n) is 18.4. The molecule has 7 rings (SSSR count). The molecule has 0 amide bonds. The number of anilines is 1. The molecule has 2 fully saturated rings. The Hall–Kier alpha value is -3.85. The van der Waals surface area contributed by atoms with Crippen molar-refractivity contribution in [2.45, 2.75) is 32.2 Å². The number of benzene rings is 2. The lowest BCUT2D eigenvalue weighted by Crippen LogP contribution is -2.33. The predicted octanol–water partition coefficient (Wildman–Crippen LogP) is 5.02. The van der Waals surface area contributed by atoms with E-state index in [-0.39, 0.29) is 0 Å². The van der Waals surface area contributed by atoms with Crippen LogP contribution < -0.4 is 4.90 Å². The number of aromatic nitrogens is 4. The molecule has 2 aromatic heterocycles. The summed E-state index contributed by atoms with van der Waals surface area (Å²) >= 11 is 0. The standard InChI is InChI=1S/C27H24N6/c28-14-19-2-4-20(5-3-19)21-13-25-26-30-29-18-33(26)24-7-6-23(12-22(24)16-32(25)15-21)31-11-10-27(17-31)8-1-9-27/h2-7,12-13,15,18H,1,8-11,16-17H2. The Balaban J connectivity index is 1.29. The maximum Gasteiger partial charge on any atom is 0.185 e. The van der Waals surface area contributed by atoms with Gasteiger partial charge in [0.2, 0.25) is 0 Å². The Bertz CT molecular complexity index is 1410. The zero-order valence-corrected chi connectivity index (χ0v) is 18.4. The molecule has 0 radical (unpaired) electrons. The molecule has 6 nitrogen and oxygen atoms in total. The van der Waals surface area contributed by atoms with Crippen LogP contribution in [0.2, 0.25) is 0 Å². The fraction of sp³-hybridized carbons (Fsp3) is 0.296. The molecule has 4 heterocycles. The van der Waals surface area contributed by atoms with E-state index < -0.39 is 0 Å². The normalized spacial score (nSPS) is 17.6. The smallest absolute Gasteiger partial charge is 0.185 e. The van der Waals surface area contributed by atoms with Crippen LogP contribution in [0.1, 0.15) is 36.8 Å². The number of rotatable bonds is 2. The zero-order chi connectivity index (χ0) is 22.0. The van der Waals surface area contributed by atoms with Crippen molar-refractivity contribution in [2.24, 2.45) is 5.41 Å². The van der Waals surface area contributed by atoms with Gasteiger partial charge in [-0.2, -0.15) is 5.26 Å². The van der Waals surface area contributed by atoms with Gasteiger partial charge in [0.25, 0.3) is 0 Å². The van der Waals surface area contributed by atoms with Gasteiger partial charge in [0.05, 0.1) is 23.0 Å². The molecule has 3 aliphatic rings. The molecule has 0 unspecified atom stereocenters. The Morgan fingerprint density at radius 1 is 0.970 bits per heavy atom. The van der Waals surface area contributed by atoms with Gasteiger partial charge in [0.1, 0.15) is 6.33 Å². The molecule has 33 heavy (non-hydrogen) atoms. The first kappa shape index (κ1) is 18.7. The second-order valence-corrected chi connectivity index (χ2v) is 9.79. The van der Waals surface area contributed by atoms with Gasteiger partial charge in [-0.05, 0) is 72.2 Å². The van der Waals surface area contributed by atoms with Crippen LogP contribution in [0.5, 0.6) is 0 Å². The summed E-state index contributed by atoms with van der Waals surface area (Å²) in [6.45, 7) is 3.15. The molecule has 0 atom stereocenters. The highest BCUT2D eigenvalue weighted by Crippen LogP contribution is 2.49. The quantitative estimate of drug-likeness (QED) is 0.393. The second kappa shape index (κ2) is 6.82. The molecule has 162 valence electrons.